The average Bonchev–Trinajstić information content (AvgIpc) is 2.70. The van der Waals surface area contributed by atoms with Gasteiger partial charge in [-0.2, -0.15) is 11.8 Å². The lowest BCUT2D eigenvalue weighted by Crippen LogP contribution is -2.18. The van der Waals surface area contributed by atoms with E-state index in [1.54, 1.807) is 6.07 Å². The van der Waals surface area contributed by atoms with Crippen molar-refractivity contribution >= 4 is 40.8 Å². The summed E-state index contributed by atoms with van der Waals surface area (Å²) >= 11 is 1.54. The van der Waals surface area contributed by atoms with Crippen LogP contribution in [-0.2, 0) is 14.3 Å². The SMILES string of the molecule is CC(CC(=O)c1cc(N)cc(NC(=O)CSCCCOC2CCCCC2)c1)C(=O)O. The molecule has 1 saturated carbocycles. The lowest BCUT2D eigenvalue weighted by molar-refractivity contribution is -0.141. The summed E-state index contributed by atoms with van der Waals surface area (Å²) in [6, 6.07) is 4.61. The highest BCUT2D eigenvalue weighted by Gasteiger charge is 2.18. The predicted molar refractivity (Wildman–Crippen MR) is 120 cm³/mol. The number of amides is 1. The first-order valence-corrected chi connectivity index (χ1v) is 11.7. The fourth-order valence-electron chi connectivity index (χ4n) is 3.37. The van der Waals surface area contributed by atoms with Crippen LogP contribution in [0.3, 0.4) is 0 Å². The van der Waals surface area contributed by atoms with Gasteiger partial charge >= 0.3 is 5.97 Å². The molecule has 1 unspecified atom stereocenters. The summed E-state index contributed by atoms with van der Waals surface area (Å²) in [6.45, 7) is 2.21. The quantitative estimate of drug-likeness (QED) is 0.258. The summed E-state index contributed by atoms with van der Waals surface area (Å²) < 4.78 is 5.88. The molecule has 30 heavy (non-hydrogen) atoms. The smallest absolute Gasteiger partial charge is 0.306 e. The van der Waals surface area contributed by atoms with E-state index in [0.717, 1.165) is 31.6 Å². The number of carbonyl (C=O) groups is 3. The van der Waals surface area contributed by atoms with Crippen LogP contribution < -0.4 is 11.1 Å². The predicted octanol–water partition coefficient (Wildman–Crippen LogP) is 3.97. The molecule has 1 aliphatic carbocycles. The topological polar surface area (TPSA) is 119 Å². The normalized spacial score (nSPS) is 15.5. The molecule has 1 aromatic rings. The molecule has 4 N–H and O–H groups in total. The molecule has 0 spiro atoms. The number of carbonyl (C=O) groups excluding carboxylic acids is 2. The molecule has 0 aromatic heterocycles. The molecule has 1 atom stereocenters. The maximum absolute atomic E-state index is 12.3. The van der Waals surface area contributed by atoms with E-state index in [2.05, 4.69) is 5.32 Å². The molecule has 0 radical (unpaired) electrons. The van der Waals surface area contributed by atoms with E-state index < -0.39 is 11.9 Å². The summed E-state index contributed by atoms with van der Waals surface area (Å²) in [6.07, 6.45) is 7.36. The molecule has 7 nitrogen and oxygen atoms in total. The molecule has 0 saturated heterocycles. The van der Waals surface area contributed by atoms with Gasteiger partial charge in [0.15, 0.2) is 5.78 Å². The van der Waals surface area contributed by atoms with Crippen molar-refractivity contribution in [2.24, 2.45) is 5.92 Å². The maximum Gasteiger partial charge on any atom is 0.306 e. The van der Waals surface area contributed by atoms with E-state index in [0.29, 0.717) is 28.8 Å². The van der Waals surface area contributed by atoms with Gasteiger partial charge in [0, 0.05) is 30.0 Å². The first kappa shape index (κ1) is 24.2. The van der Waals surface area contributed by atoms with Crippen molar-refractivity contribution in [1.82, 2.24) is 0 Å². The van der Waals surface area contributed by atoms with Gasteiger partial charge in [-0.05, 0) is 43.2 Å². The maximum atomic E-state index is 12.3. The third kappa shape index (κ3) is 8.75. The number of benzene rings is 1. The Morgan fingerprint density at radius 2 is 1.97 bits per heavy atom. The number of hydrogen-bond acceptors (Lipinski definition) is 6. The summed E-state index contributed by atoms with van der Waals surface area (Å²) in [7, 11) is 0. The van der Waals surface area contributed by atoms with E-state index in [1.807, 2.05) is 0 Å². The fourth-order valence-corrected chi connectivity index (χ4v) is 4.10. The van der Waals surface area contributed by atoms with Crippen molar-refractivity contribution in [3.63, 3.8) is 0 Å². The Kier molecular flexibility index (Phi) is 10.2. The van der Waals surface area contributed by atoms with E-state index in [9.17, 15) is 14.4 Å². The van der Waals surface area contributed by atoms with Crippen LogP contribution in [0.4, 0.5) is 11.4 Å². The molecule has 2 rings (SSSR count). The van der Waals surface area contributed by atoms with Gasteiger partial charge in [0.05, 0.1) is 17.8 Å². The first-order chi connectivity index (χ1) is 14.3. The molecule has 8 heteroatoms. The van der Waals surface area contributed by atoms with Crippen LogP contribution in [0.1, 0.15) is 62.2 Å². The Labute approximate surface area is 182 Å². The summed E-state index contributed by atoms with van der Waals surface area (Å²) in [5, 5.41) is 11.7. The molecule has 0 heterocycles. The van der Waals surface area contributed by atoms with Crippen LogP contribution in [0.2, 0.25) is 0 Å². The zero-order valence-corrected chi connectivity index (χ0v) is 18.3. The van der Waals surface area contributed by atoms with E-state index in [4.69, 9.17) is 15.6 Å². The molecule has 1 aliphatic rings. The van der Waals surface area contributed by atoms with Crippen molar-refractivity contribution in [2.75, 3.05) is 29.2 Å². The highest BCUT2D eigenvalue weighted by molar-refractivity contribution is 7.99. The van der Waals surface area contributed by atoms with Crippen LogP contribution in [0.15, 0.2) is 18.2 Å². The number of Topliss-reactive ketones (excluding diaryl/α,β-unsaturated/α-hetero) is 1. The number of hydrogen-bond donors (Lipinski definition) is 3. The number of aliphatic carboxylic acids is 1. The standard InChI is InChI=1S/C22H32N2O5S/c1-15(22(27)28)10-20(25)16-11-17(23)13-18(12-16)24-21(26)14-30-9-5-8-29-19-6-3-2-4-7-19/h11-13,15,19H,2-10,14,23H2,1H3,(H,24,26)(H,27,28). The van der Waals surface area contributed by atoms with Gasteiger partial charge in [-0.15, -0.1) is 0 Å². The van der Waals surface area contributed by atoms with Crippen LogP contribution in [0, 0.1) is 5.92 Å². The van der Waals surface area contributed by atoms with Gasteiger partial charge in [-0.1, -0.05) is 26.2 Å². The Morgan fingerprint density at radius 1 is 1.23 bits per heavy atom. The molecule has 1 fully saturated rings. The highest BCUT2D eigenvalue weighted by atomic mass is 32.2. The van der Waals surface area contributed by atoms with Gasteiger partial charge in [0.1, 0.15) is 0 Å². The number of carboxylic acid groups (broad SMARTS) is 1. The van der Waals surface area contributed by atoms with Crippen molar-refractivity contribution in [3.05, 3.63) is 23.8 Å². The Hall–Kier alpha value is -2.06. The number of ketones is 1. The zero-order valence-electron chi connectivity index (χ0n) is 17.5. The number of nitrogens with one attached hydrogen (secondary N) is 1. The minimum atomic E-state index is -1.03. The number of nitrogen functional groups attached to an aromatic ring is 1. The highest BCUT2D eigenvalue weighted by Crippen LogP contribution is 2.21. The van der Waals surface area contributed by atoms with Crippen LogP contribution in [0.5, 0.6) is 0 Å². The van der Waals surface area contributed by atoms with Crippen molar-refractivity contribution in [2.45, 2.75) is 58.0 Å². The third-order valence-corrected chi connectivity index (χ3v) is 6.09. The third-order valence-electron chi connectivity index (χ3n) is 5.05. The van der Waals surface area contributed by atoms with E-state index >= 15 is 0 Å². The number of anilines is 2. The van der Waals surface area contributed by atoms with Gasteiger partial charge in [0.2, 0.25) is 5.91 Å². The van der Waals surface area contributed by atoms with Gasteiger partial charge in [-0.3, -0.25) is 14.4 Å². The van der Waals surface area contributed by atoms with Crippen molar-refractivity contribution < 1.29 is 24.2 Å². The molecule has 0 aliphatic heterocycles. The second kappa shape index (κ2) is 12.6. The zero-order chi connectivity index (χ0) is 21.9. The summed E-state index contributed by atoms with van der Waals surface area (Å²) in [5.41, 5.74) is 6.92. The summed E-state index contributed by atoms with van der Waals surface area (Å²) in [4.78, 5) is 35.4. The number of carboxylic acids is 1. The molecule has 0 bridgehead atoms. The fraction of sp³-hybridized carbons (Fsp3) is 0.591. The number of nitrogens with two attached hydrogens (primary N) is 1. The second-order valence-corrected chi connectivity index (χ2v) is 8.90. The molecule has 1 amide bonds. The van der Waals surface area contributed by atoms with Crippen molar-refractivity contribution in [1.29, 1.82) is 0 Å². The Morgan fingerprint density at radius 3 is 2.67 bits per heavy atom. The lowest BCUT2D eigenvalue weighted by Gasteiger charge is -2.21. The Bertz CT molecular complexity index is 734. The van der Waals surface area contributed by atoms with E-state index in [1.165, 1.54) is 50.1 Å². The molecule has 1 aromatic carbocycles. The number of rotatable bonds is 12. The second-order valence-electron chi connectivity index (χ2n) is 7.80. The largest absolute Gasteiger partial charge is 0.481 e. The van der Waals surface area contributed by atoms with Crippen molar-refractivity contribution in [3.8, 4) is 0 Å². The molecular formula is C22H32N2O5S. The Balaban J connectivity index is 1.71. The summed E-state index contributed by atoms with van der Waals surface area (Å²) in [5.74, 6) is -1.15. The molecular weight excluding hydrogens is 404 g/mol. The van der Waals surface area contributed by atoms with E-state index in [-0.39, 0.29) is 18.1 Å². The number of thioether (sulfide) groups is 1. The number of ether oxygens (including phenoxy) is 1. The van der Waals surface area contributed by atoms with Gasteiger partial charge in [-0.25, -0.2) is 0 Å². The minimum absolute atomic E-state index is 0.120. The van der Waals surface area contributed by atoms with Crippen LogP contribution in [0.25, 0.3) is 0 Å². The van der Waals surface area contributed by atoms with Crippen LogP contribution >= 0.6 is 11.8 Å². The lowest BCUT2D eigenvalue weighted by atomic mass is 9.98. The van der Waals surface area contributed by atoms with Gasteiger partial charge < -0.3 is 20.9 Å². The monoisotopic (exact) mass is 436 g/mol. The van der Waals surface area contributed by atoms with Gasteiger partial charge in [0.25, 0.3) is 0 Å². The first-order valence-electron chi connectivity index (χ1n) is 10.5. The average molecular weight is 437 g/mol. The molecule has 166 valence electrons. The van der Waals surface area contributed by atoms with Crippen LogP contribution in [-0.4, -0.2) is 47.0 Å². The minimum Gasteiger partial charge on any atom is -0.481 e.